The minimum absolute atomic E-state index is 0. The second-order valence-corrected chi connectivity index (χ2v) is 6.69. The molecule has 2 aliphatic rings. The van der Waals surface area contributed by atoms with Crippen molar-refractivity contribution in [3.8, 4) is 0 Å². The van der Waals surface area contributed by atoms with Gasteiger partial charge in [0.1, 0.15) is 0 Å². The van der Waals surface area contributed by atoms with Crippen molar-refractivity contribution < 1.29 is 0 Å². The van der Waals surface area contributed by atoms with Gasteiger partial charge in [-0.15, -0.1) is 24.0 Å². The molecule has 1 atom stereocenters. The number of likely N-dealkylation sites (tertiary alicyclic amines) is 1. The van der Waals surface area contributed by atoms with Gasteiger partial charge >= 0.3 is 0 Å². The summed E-state index contributed by atoms with van der Waals surface area (Å²) in [6, 6.07) is 1.16. The molecule has 1 aliphatic heterocycles. The van der Waals surface area contributed by atoms with Gasteiger partial charge in [0.15, 0.2) is 5.96 Å². The maximum Gasteiger partial charge on any atom is 0.191 e. The molecule has 2 N–H and O–H groups in total. The number of nitrogens with zero attached hydrogens (tertiary/aromatic N) is 2. The average molecular weight is 420 g/mol. The highest BCUT2D eigenvalue weighted by molar-refractivity contribution is 14.0. The van der Waals surface area contributed by atoms with E-state index in [1.165, 1.54) is 25.9 Å². The van der Waals surface area contributed by atoms with Gasteiger partial charge in [0.25, 0.3) is 0 Å². The average Bonchev–Trinajstić information content (AvgIpc) is 3.07. The molecule has 128 valence electrons. The topological polar surface area (TPSA) is 39.7 Å². The quantitative estimate of drug-likeness (QED) is 0.300. The van der Waals surface area contributed by atoms with Gasteiger partial charge in [-0.25, -0.2) is 0 Å². The fourth-order valence-electron chi connectivity index (χ4n) is 3.26. The van der Waals surface area contributed by atoms with Gasteiger partial charge in [0, 0.05) is 25.2 Å². The van der Waals surface area contributed by atoms with Crippen LogP contribution in [0.3, 0.4) is 0 Å². The molecule has 1 aliphatic carbocycles. The van der Waals surface area contributed by atoms with E-state index >= 15 is 0 Å². The number of aliphatic imine (C=N–C) groups is 1. The smallest absolute Gasteiger partial charge is 0.191 e. The molecule has 0 radical (unpaired) electrons. The van der Waals surface area contributed by atoms with Crippen LogP contribution in [0.25, 0.3) is 0 Å². The molecule has 0 amide bonds. The number of hydrogen-bond donors (Lipinski definition) is 2. The second-order valence-electron chi connectivity index (χ2n) is 6.69. The van der Waals surface area contributed by atoms with Crippen molar-refractivity contribution >= 4 is 29.9 Å². The molecule has 0 bridgehead atoms. The first-order chi connectivity index (χ1) is 10.2. The highest BCUT2D eigenvalue weighted by atomic mass is 127. The summed E-state index contributed by atoms with van der Waals surface area (Å²) in [5.41, 5.74) is 0. The summed E-state index contributed by atoms with van der Waals surface area (Å²) in [5.74, 6) is 1.73. The Balaban J connectivity index is 0.00000242. The summed E-state index contributed by atoms with van der Waals surface area (Å²) in [6.45, 7) is 11.0. The van der Waals surface area contributed by atoms with Crippen molar-refractivity contribution in [2.75, 3.05) is 26.2 Å². The van der Waals surface area contributed by atoms with E-state index in [-0.39, 0.29) is 24.0 Å². The molecular weight excluding hydrogens is 387 g/mol. The molecule has 2 rings (SSSR count). The molecule has 0 aromatic carbocycles. The van der Waals surface area contributed by atoms with Crippen molar-refractivity contribution in [2.24, 2.45) is 10.9 Å². The third-order valence-corrected chi connectivity index (χ3v) is 4.25. The molecule has 0 unspecified atom stereocenters. The zero-order valence-corrected chi connectivity index (χ0v) is 16.7. The molecule has 4 nitrogen and oxygen atoms in total. The van der Waals surface area contributed by atoms with Gasteiger partial charge in [-0.1, -0.05) is 26.0 Å². The summed E-state index contributed by atoms with van der Waals surface area (Å²) >= 11 is 0. The molecule has 5 heteroatoms. The Kier molecular flexibility index (Phi) is 9.40. The lowest BCUT2D eigenvalue weighted by Crippen LogP contribution is -2.43. The Morgan fingerprint density at radius 3 is 2.68 bits per heavy atom. The van der Waals surface area contributed by atoms with Crippen molar-refractivity contribution in [1.82, 2.24) is 15.5 Å². The number of hydrogen-bond acceptors (Lipinski definition) is 2. The summed E-state index contributed by atoms with van der Waals surface area (Å²) in [6.07, 6.45) is 9.36. The minimum Gasteiger partial charge on any atom is -0.357 e. The summed E-state index contributed by atoms with van der Waals surface area (Å²) in [5, 5.41) is 6.94. The fraction of sp³-hybridized carbons (Fsp3) is 0.824. The molecule has 0 aromatic heterocycles. The standard InChI is InChI=1S/C17H32N4.HI/c1-4-18-17(20-15-8-5-6-9-15)19-12-16-10-7-11-21(16)13-14(2)3;/h5-6,14-16H,4,7-13H2,1-3H3,(H2,18,19,20);1H/t16-;/m1./s1. The van der Waals surface area contributed by atoms with Crippen LogP contribution in [0.4, 0.5) is 0 Å². The van der Waals surface area contributed by atoms with Gasteiger partial charge in [-0.3, -0.25) is 9.89 Å². The highest BCUT2D eigenvalue weighted by Crippen LogP contribution is 2.19. The van der Waals surface area contributed by atoms with Gasteiger partial charge in [0.05, 0.1) is 6.54 Å². The number of nitrogens with one attached hydrogen (secondary N) is 2. The Morgan fingerprint density at radius 1 is 1.32 bits per heavy atom. The third kappa shape index (κ3) is 6.44. The summed E-state index contributed by atoms with van der Waals surface area (Å²) < 4.78 is 0. The largest absolute Gasteiger partial charge is 0.357 e. The SMILES string of the molecule is CCNC(=NC[C@H]1CCCN1CC(C)C)NC1CC=CC1.I. The first-order valence-corrected chi connectivity index (χ1v) is 8.63. The van der Waals surface area contributed by atoms with Crippen LogP contribution in [0, 0.1) is 5.92 Å². The van der Waals surface area contributed by atoms with E-state index in [1.807, 2.05) is 0 Å². The molecule has 1 fully saturated rings. The van der Waals surface area contributed by atoms with E-state index < -0.39 is 0 Å². The lowest BCUT2D eigenvalue weighted by molar-refractivity contribution is 0.231. The lowest BCUT2D eigenvalue weighted by Gasteiger charge is -2.25. The van der Waals surface area contributed by atoms with Crippen LogP contribution in [-0.4, -0.2) is 49.1 Å². The Hall–Kier alpha value is -0.300. The summed E-state index contributed by atoms with van der Waals surface area (Å²) in [7, 11) is 0. The Bertz CT molecular complexity index is 360. The van der Waals surface area contributed by atoms with Gasteiger partial charge in [-0.05, 0) is 45.1 Å². The van der Waals surface area contributed by atoms with Crippen molar-refractivity contribution in [3.05, 3.63) is 12.2 Å². The van der Waals surface area contributed by atoms with Gasteiger partial charge < -0.3 is 10.6 Å². The lowest BCUT2D eigenvalue weighted by atomic mass is 10.2. The Morgan fingerprint density at radius 2 is 2.05 bits per heavy atom. The van der Waals surface area contributed by atoms with Crippen molar-refractivity contribution in [1.29, 1.82) is 0 Å². The van der Waals surface area contributed by atoms with Crippen molar-refractivity contribution in [2.45, 2.75) is 58.5 Å². The minimum atomic E-state index is 0. The molecule has 0 aromatic rings. The van der Waals surface area contributed by atoms with E-state index in [0.717, 1.165) is 37.8 Å². The second kappa shape index (κ2) is 10.5. The van der Waals surface area contributed by atoms with Crippen LogP contribution in [0.15, 0.2) is 17.1 Å². The normalized spacial score (nSPS) is 23.1. The molecular formula is C17H33IN4. The van der Waals surface area contributed by atoms with E-state index in [0.29, 0.717) is 12.1 Å². The molecule has 1 saturated heterocycles. The maximum atomic E-state index is 4.84. The predicted octanol–water partition coefficient (Wildman–Crippen LogP) is 3.00. The van der Waals surface area contributed by atoms with Crippen molar-refractivity contribution in [3.63, 3.8) is 0 Å². The monoisotopic (exact) mass is 420 g/mol. The molecule has 0 saturated carbocycles. The first-order valence-electron chi connectivity index (χ1n) is 8.63. The van der Waals surface area contributed by atoms with Gasteiger partial charge in [-0.2, -0.15) is 0 Å². The van der Waals surface area contributed by atoms with E-state index in [9.17, 15) is 0 Å². The maximum absolute atomic E-state index is 4.84. The van der Waals surface area contributed by atoms with Crippen LogP contribution >= 0.6 is 24.0 Å². The van der Waals surface area contributed by atoms with E-state index in [1.54, 1.807) is 0 Å². The number of halogens is 1. The van der Waals surface area contributed by atoms with Crippen LogP contribution in [0.1, 0.15) is 46.5 Å². The van der Waals surface area contributed by atoms with E-state index in [2.05, 4.69) is 48.5 Å². The van der Waals surface area contributed by atoms with Crippen LogP contribution in [-0.2, 0) is 0 Å². The zero-order valence-electron chi connectivity index (χ0n) is 14.3. The van der Waals surface area contributed by atoms with E-state index in [4.69, 9.17) is 4.99 Å². The predicted molar refractivity (Wildman–Crippen MR) is 106 cm³/mol. The van der Waals surface area contributed by atoms with Crippen LogP contribution in [0.5, 0.6) is 0 Å². The van der Waals surface area contributed by atoms with Crippen LogP contribution < -0.4 is 10.6 Å². The zero-order chi connectivity index (χ0) is 15.1. The molecule has 0 spiro atoms. The number of guanidine groups is 1. The summed E-state index contributed by atoms with van der Waals surface area (Å²) in [4.78, 5) is 7.46. The number of rotatable bonds is 6. The van der Waals surface area contributed by atoms with Crippen LogP contribution in [0.2, 0.25) is 0 Å². The molecule has 1 heterocycles. The fourth-order valence-corrected chi connectivity index (χ4v) is 3.26. The third-order valence-electron chi connectivity index (χ3n) is 4.25. The highest BCUT2D eigenvalue weighted by Gasteiger charge is 2.24. The first kappa shape index (κ1) is 19.7. The molecule has 22 heavy (non-hydrogen) atoms. The Labute approximate surface area is 153 Å². The van der Waals surface area contributed by atoms with Gasteiger partial charge in [0.2, 0.25) is 0 Å².